The Morgan fingerprint density at radius 3 is 2.68 bits per heavy atom. The lowest BCUT2D eigenvalue weighted by molar-refractivity contribution is 0.102. The zero-order valence-electron chi connectivity index (χ0n) is 18.3. The van der Waals surface area contributed by atoms with Crippen LogP contribution < -0.4 is 9.62 Å². The summed E-state index contributed by atoms with van der Waals surface area (Å²) >= 11 is 6.46. The molecule has 1 saturated heterocycles. The number of pyridine rings is 1. The zero-order valence-corrected chi connectivity index (χ0v) is 19.9. The van der Waals surface area contributed by atoms with E-state index < -0.39 is 10.0 Å². The highest BCUT2D eigenvalue weighted by Gasteiger charge is 2.24. The first kappa shape index (κ1) is 22.4. The summed E-state index contributed by atoms with van der Waals surface area (Å²) in [5.41, 5.74) is 3.86. The number of rotatable bonds is 4. The highest BCUT2D eigenvalue weighted by Crippen LogP contribution is 2.33. The van der Waals surface area contributed by atoms with E-state index in [2.05, 4.69) is 15.3 Å². The Labute approximate surface area is 202 Å². The fourth-order valence-corrected chi connectivity index (χ4v) is 6.06. The number of anilines is 2. The number of H-pyrrole nitrogens is 1. The van der Waals surface area contributed by atoms with Crippen LogP contribution in [0, 0.1) is 0 Å². The van der Waals surface area contributed by atoms with Gasteiger partial charge in [0.05, 0.1) is 27.7 Å². The number of fused-ring (bicyclic) bond motifs is 1. The molecule has 34 heavy (non-hydrogen) atoms. The molecule has 2 aromatic carbocycles. The van der Waals surface area contributed by atoms with Gasteiger partial charge in [-0.05, 0) is 67.4 Å². The summed E-state index contributed by atoms with van der Waals surface area (Å²) in [7, 11) is -3.33. The van der Waals surface area contributed by atoms with Crippen LogP contribution in [0.2, 0.25) is 5.02 Å². The van der Waals surface area contributed by atoms with E-state index in [0.717, 1.165) is 23.7 Å². The summed E-state index contributed by atoms with van der Waals surface area (Å²) in [4.78, 5) is 20.6. The van der Waals surface area contributed by atoms with Gasteiger partial charge in [0.15, 0.2) is 0 Å². The predicted molar refractivity (Wildman–Crippen MR) is 136 cm³/mol. The van der Waals surface area contributed by atoms with Crippen LogP contribution in [0.3, 0.4) is 0 Å². The Morgan fingerprint density at radius 2 is 1.85 bits per heavy atom. The van der Waals surface area contributed by atoms with Crippen molar-refractivity contribution in [1.82, 2.24) is 9.97 Å². The normalized spacial score (nSPS) is 15.7. The van der Waals surface area contributed by atoms with Crippen molar-refractivity contribution in [1.29, 1.82) is 0 Å². The van der Waals surface area contributed by atoms with Crippen LogP contribution in [0.1, 0.15) is 29.6 Å². The number of aromatic nitrogens is 2. The van der Waals surface area contributed by atoms with Gasteiger partial charge in [-0.2, -0.15) is 0 Å². The molecule has 5 rings (SSSR count). The molecular formula is C25H23ClN4O3S. The molecule has 1 amide bonds. The molecule has 1 fully saturated rings. The van der Waals surface area contributed by atoms with Gasteiger partial charge in [0.1, 0.15) is 0 Å². The first-order valence-corrected chi connectivity index (χ1v) is 13.0. The van der Waals surface area contributed by atoms with Gasteiger partial charge in [-0.1, -0.05) is 18.0 Å². The predicted octanol–water partition coefficient (Wildman–Crippen LogP) is 5.46. The molecule has 9 heteroatoms. The van der Waals surface area contributed by atoms with E-state index in [1.54, 1.807) is 48.7 Å². The van der Waals surface area contributed by atoms with Crippen molar-refractivity contribution in [3.8, 4) is 11.3 Å². The van der Waals surface area contributed by atoms with E-state index in [1.807, 2.05) is 18.3 Å². The molecule has 0 aliphatic carbocycles. The first-order valence-electron chi connectivity index (χ1n) is 11.1. The van der Waals surface area contributed by atoms with Crippen LogP contribution >= 0.6 is 11.6 Å². The molecular weight excluding hydrogens is 472 g/mol. The van der Waals surface area contributed by atoms with Gasteiger partial charge in [0, 0.05) is 41.1 Å². The fourth-order valence-electron chi connectivity index (χ4n) is 4.21. The van der Waals surface area contributed by atoms with Crippen LogP contribution in [0.25, 0.3) is 22.2 Å². The zero-order chi connectivity index (χ0) is 23.7. The van der Waals surface area contributed by atoms with Gasteiger partial charge < -0.3 is 10.3 Å². The van der Waals surface area contributed by atoms with E-state index >= 15 is 0 Å². The molecule has 0 radical (unpaired) electrons. The number of sulfonamides is 1. The number of nitrogens with zero attached hydrogens (tertiary/aromatic N) is 2. The SMILES string of the molecule is O=C(Nc1ccc(Cl)c(-c2nccc3cc[nH]c23)c1)c1ccc(N2CCCCCS2(=O)=O)cc1. The van der Waals surface area contributed by atoms with E-state index in [0.29, 0.717) is 46.2 Å². The van der Waals surface area contributed by atoms with Gasteiger partial charge in [0.2, 0.25) is 10.0 Å². The number of halogens is 1. The molecule has 3 heterocycles. The van der Waals surface area contributed by atoms with Crippen molar-refractivity contribution in [3.05, 3.63) is 77.6 Å². The second kappa shape index (κ2) is 9.12. The topological polar surface area (TPSA) is 95.2 Å². The lowest BCUT2D eigenvalue weighted by Crippen LogP contribution is -2.32. The van der Waals surface area contributed by atoms with Gasteiger partial charge >= 0.3 is 0 Å². The number of hydrogen-bond acceptors (Lipinski definition) is 4. The minimum Gasteiger partial charge on any atom is -0.359 e. The Hall–Kier alpha value is -3.36. The van der Waals surface area contributed by atoms with E-state index in [-0.39, 0.29) is 11.7 Å². The number of hydrogen-bond donors (Lipinski definition) is 2. The van der Waals surface area contributed by atoms with Crippen LogP contribution in [0.15, 0.2) is 67.0 Å². The molecule has 7 nitrogen and oxygen atoms in total. The highest BCUT2D eigenvalue weighted by atomic mass is 35.5. The number of carbonyl (C=O) groups is 1. The monoisotopic (exact) mass is 494 g/mol. The molecule has 2 N–H and O–H groups in total. The van der Waals surface area contributed by atoms with E-state index in [1.165, 1.54) is 4.31 Å². The summed E-state index contributed by atoms with van der Waals surface area (Å²) in [6.07, 6.45) is 5.96. The molecule has 0 atom stereocenters. The number of amides is 1. The quantitative estimate of drug-likeness (QED) is 0.394. The van der Waals surface area contributed by atoms with Gasteiger partial charge in [-0.3, -0.25) is 14.1 Å². The second-order valence-electron chi connectivity index (χ2n) is 8.25. The lowest BCUT2D eigenvalue weighted by atomic mass is 10.1. The third-order valence-electron chi connectivity index (χ3n) is 5.97. The van der Waals surface area contributed by atoms with Crippen LogP contribution in [-0.2, 0) is 10.0 Å². The average molecular weight is 495 g/mol. The van der Waals surface area contributed by atoms with Crippen molar-refractivity contribution in [3.63, 3.8) is 0 Å². The number of carbonyl (C=O) groups excluding carboxylic acids is 1. The smallest absolute Gasteiger partial charge is 0.255 e. The maximum Gasteiger partial charge on any atom is 0.255 e. The molecule has 1 aliphatic rings. The van der Waals surface area contributed by atoms with Crippen molar-refractivity contribution in [2.24, 2.45) is 0 Å². The highest BCUT2D eigenvalue weighted by molar-refractivity contribution is 7.92. The maximum atomic E-state index is 12.9. The minimum absolute atomic E-state index is 0.152. The Balaban J connectivity index is 1.38. The van der Waals surface area contributed by atoms with Crippen molar-refractivity contribution in [2.45, 2.75) is 19.3 Å². The summed E-state index contributed by atoms with van der Waals surface area (Å²) in [6.45, 7) is 0.461. The molecule has 4 aromatic rings. The minimum atomic E-state index is -3.33. The van der Waals surface area contributed by atoms with E-state index in [4.69, 9.17) is 11.6 Å². The molecule has 174 valence electrons. The standard InChI is InChI=1S/C25H23ClN4O3S/c26-22-9-6-19(16-21(22)24-23-17(10-12-27-23)11-13-28-24)29-25(31)18-4-7-20(8-5-18)30-14-2-1-3-15-34(30,32)33/h4-13,16,27H,1-3,14-15H2,(H,29,31). The molecule has 2 aromatic heterocycles. The van der Waals surface area contributed by atoms with Crippen LogP contribution in [-0.4, -0.2) is 36.6 Å². The summed E-state index contributed by atoms with van der Waals surface area (Å²) in [6, 6.07) is 15.8. The summed E-state index contributed by atoms with van der Waals surface area (Å²) in [5.74, 6) is -0.149. The third kappa shape index (κ3) is 4.38. The lowest BCUT2D eigenvalue weighted by Gasteiger charge is -2.22. The fraction of sp³-hybridized carbons (Fsp3) is 0.200. The van der Waals surface area contributed by atoms with Crippen LogP contribution in [0.4, 0.5) is 11.4 Å². The van der Waals surface area contributed by atoms with Gasteiger partial charge in [-0.25, -0.2) is 8.42 Å². The van der Waals surface area contributed by atoms with Crippen molar-refractivity contribution in [2.75, 3.05) is 21.9 Å². The summed E-state index contributed by atoms with van der Waals surface area (Å²) < 4.78 is 26.5. The van der Waals surface area contributed by atoms with Crippen LogP contribution in [0.5, 0.6) is 0 Å². The summed E-state index contributed by atoms with van der Waals surface area (Å²) in [5, 5.41) is 4.43. The van der Waals surface area contributed by atoms with Crippen molar-refractivity contribution < 1.29 is 13.2 Å². The Kier molecular flexibility index (Phi) is 6.02. The number of nitrogens with one attached hydrogen (secondary N) is 2. The maximum absolute atomic E-state index is 12.9. The molecule has 1 aliphatic heterocycles. The Morgan fingerprint density at radius 1 is 1.03 bits per heavy atom. The number of benzene rings is 2. The largest absolute Gasteiger partial charge is 0.359 e. The van der Waals surface area contributed by atoms with Gasteiger partial charge in [0.25, 0.3) is 5.91 Å². The Bertz CT molecular complexity index is 1470. The third-order valence-corrected chi connectivity index (χ3v) is 8.17. The number of aromatic amines is 1. The molecule has 0 saturated carbocycles. The second-order valence-corrected chi connectivity index (χ2v) is 10.7. The first-order chi connectivity index (χ1) is 16.4. The molecule has 0 spiro atoms. The van der Waals surface area contributed by atoms with E-state index in [9.17, 15) is 13.2 Å². The molecule has 0 unspecified atom stereocenters. The average Bonchev–Trinajstić information content (AvgIpc) is 3.24. The van der Waals surface area contributed by atoms with Gasteiger partial charge in [-0.15, -0.1) is 0 Å². The van der Waals surface area contributed by atoms with Crippen molar-refractivity contribution >= 4 is 49.8 Å². The molecule has 0 bridgehead atoms.